The lowest BCUT2D eigenvalue weighted by molar-refractivity contribution is -0.142. The van der Waals surface area contributed by atoms with Crippen LogP contribution in [0, 0.1) is 5.92 Å². The molecule has 0 saturated carbocycles. The molecule has 0 bridgehead atoms. The van der Waals surface area contributed by atoms with E-state index in [0.717, 1.165) is 38.6 Å². The van der Waals surface area contributed by atoms with Crippen LogP contribution in [-0.4, -0.2) is 23.5 Å². The third-order valence-electron chi connectivity index (χ3n) is 10.5. The van der Waals surface area contributed by atoms with Crippen LogP contribution >= 0.6 is 0 Å². The number of nitrogens with one attached hydrogen (secondary N) is 1. The largest absolute Gasteiger partial charge is 0.481 e. The predicted octanol–water partition coefficient (Wildman–Crippen LogP) is 15.0. The first-order chi connectivity index (χ1) is 24.6. The maximum absolute atomic E-state index is 12.1. The van der Waals surface area contributed by atoms with Crippen molar-refractivity contribution >= 4 is 11.9 Å². The van der Waals surface area contributed by atoms with Crippen LogP contribution in [0.15, 0.2) is 24.3 Å². The summed E-state index contributed by atoms with van der Waals surface area (Å²) in [7, 11) is 0. The standard InChI is InChI=1S/C46H87NO3/c1-3-5-6-7-8-9-10-11-12-13-14-18-21-24-27-30-33-36-39-42-45(48)47-43-40-37-34-31-28-25-22-19-16-15-17-20-23-26-29-32-35-38-41-44(4-2)46(49)50/h11-12,16,19,44H,3-10,13-15,17-18,20-43H2,1-2H3,(H,47,48)(H,49,50)/b12-11-,19-16-. The maximum Gasteiger partial charge on any atom is 0.306 e. The Morgan fingerprint density at radius 1 is 0.460 bits per heavy atom. The summed E-state index contributed by atoms with van der Waals surface area (Å²) in [5.41, 5.74) is 0. The van der Waals surface area contributed by atoms with Gasteiger partial charge in [0.05, 0.1) is 5.92 Å². The SMILES string of the molecule is CCCCCCCC/C=C\CCCCCCCCCCCC(=O)NCCCCCCCC/C=C\CCCCCCCCCCC(CC)C(=O)O. The fraction of sp³-hybridized carbons (Fsp3) is 0.870. The van der Waals surface area contributed by atoms with Crippen LogP contribution in [0.3, 0.4) is 0 Å². The molecule has 0 aromatic heterocycles. The second-order valence-corrected chi connectivity index (χ2v) is 15.3. The van der Waals surface area contributed by atoms with Crippen LogP contribution in [0.1, 0.15) is 245 Å². The van der Waals surface area contributed by atoms with Gasteiger partial charge in [0.1, 0.15) is 0 Å². The van der Waals surface area contributed by atoms with E-state index in [-0.39, 0.29) is 11.8 Å². The number of carbonyl (C=O) groups is 2. The third kappa shape index (κ3) is 39.2. The molecule has 0 spiro atoms. The zero-order valence-electron chi connectivity index (χ0n) is 33.8. The molecule has 2 N–H and O–H groups in total. The van der Waals surface area contributed by atoms with Crippen LogP contribution in [0.4, 0.5) is 0 Å². The van der Waals surface area contributed by atoms with Crippen molar-refractivity contribution < 1.29 is 14.7 Å². The van der Waals surface area contributed by atoms with Crippen LogP contribution < -0.4 is 5.32 Å². The van der Waals surface area contributed by atoms with Gasteiger partial charge in [0.25, 0.3) is 0 Å². The first-order valence-corrected chi connectivity index (χ1v) is 22.4. The minimum Gasteiger partial charge on any atom is -0.481 e. The molecule has 0 aliphatic rings. The first kappa shape index (κ1) is 48.4. The van der Waals surface area contributed by atoms with Crippen LogP contribution in [0.5, 0.6) is 0 Å². The van der Waals surface area contributed by atoms with E-state index in [4.69, 9.17) is 5.11 Å². The normalized spacial score (nSPS) is 12.4. The number of hydrogen-bond acceptors (Lipinski definition) is 2. The van der Waals surface area contributed by atoms with E-state index in [0.29, 0.717) is 6.42 Å². The number of carboxylic acids is 1. The minimum atomic E-state index is -0.624. The number of hydrogen-bond donors (Lipinski definition) is 2. The average molecular weight is 702 g/mol. The fourth-order valence-electron chi connectivity index (χ4n) is 6.93. The molecule has 1 unspecified atom stereocenters. The monoisotopic (exact) mass is 702 g/mol. The molecule has 1 amide bonds. The van der Waals surface area contributed by atoms with Crippen molar-refractivity contribution in [2.45, 2.75) is 245 Å². The van der Waals surface area contributed by atoms with Crippen molar-refractivity contribution in [3.05, 3.63) is 24.3 Å². The van der Waals surface area contributed by atoms with E-state index in [1.54, 1.807) is 0 Å². The third-order valence-corrected chi connectivity index (χ3v) is 10.5. The van der Waals surface area contributed by atoms with E-state index in [1.807, 2.05) is 6.92 Å². The molecule has 0 fully saturated rings. The van der Waals surface area contributed by atoms with E-state index in [9.17, 15) is 9.59 Å². The molecule has 50 heavy (non-hydrogen) atoms. The maximum atomic E-state index is 12.1. The van der Waals surface area contributed by atoms with E-state index < -0.39 is 5.97 Å². The molecule has 0 saturated heterocycles. The van der Waals surface area contributed by atoms with E-state index >= 15 is 0 Å². The smallest absolute Gasteiger partial charge is 0.306 e. The summed E-state index contributed by atoms with van der Waals surface area (Å²) < 4.78 is 0. The highest BCUT2D eigenvalue weighted by molar-refractivity contribution is 5.75. The van der Waals surface area contributed by atoms with Gasteiger partial charge in [-0.25, -0.2) is 0 Å². The molecule has 0 aliphatic carbocycles. The Hall–Kier alpha value is -1.58. The zero-order valence-corrected chi connectivity index (χ0v) is 33.8. The Kier molecular flexibility index (Phi) is 40.5. The highest BCUT2D eigenvalue weighted by Gasteiger charge is 2.13. The van der Waals surface area contributed by atoms with Gasteiger partial charge in [-0.2, -0.15) is 0 Å². The molecule has 0 radical (unpaired) electrons. The molecule has 1 atom stereocenters. The Morgan fingerprint density at radius 2 is 0.800 bits per heavy atom. The summed E-state index contributed by atoms with van der Waals surface area (Å²) in [6, 6.07) is 0. The van der Waals surface area contributed by atoms with Crippen LogP contribution in [0.25, 0.3) is 0 Å². The van der Waals surface area contributed by atoms with Gasteiger partial charge in [0.2, 0.25) is 5.91 Å². The lowest BCUT2D eigenvalue weighted by Gasteiger charge is -2.08. The highest BCUT2D eigenvalue weighted by Crippen LogP contribution is 2.17. The van der Waals surface area contributed by atoms with Gasteiger partial charge in [-0.15, -0.1) is 0 Å². The highest BCUT2D eigenvalue weighted by atomic mass is 16.4. The lowest BCUT2D eigenvalue weighted by atomic mass is 9.98. The molecule has 0 aromatic carbocycles. The van der Waals surface area contributed by atoms with Gasteiger partial charge in [-0.05, 0) is 77.0 Å². The predicted molar refractivity (Wildman–Crippen MR) is 220 cm³/mol. The average Bonchev–Trinajstić information content (AvgIpc) is 3.11. The van der Waals surface area contributed by atoms with Gasteiger partial charge in [-0.1, -0.05) is 186 Å². The minimum absolute atomic E-state index is 0.137. The summed E-state index contributed by atoms with van der Waals surface area (Å²) >= 11 is 0. The summed E-state index contributed by atoms with van der Waals surface area (Å²) in [5, 5.41) is 12.2. The Balaban J connectivity index is 3.26. The Labute approximate surface area is 312 Å². The van der Waals surface area contributed by atoms with Gasteiger partial charge < -0.3 is 10.4 Å². The van der Waals surface area contributed by atoms with E-state index in [2.05, 4.69) is 36.5 Å². The first-order valence-electron chi connectivity index (χ1n) is 22.4. The molecule has 0 heterocycles. The number of amides is 1. The van der Waals surface area contributed by atoms with Crippen molar-refractivity contribution in [1.82, 2.24) is 5.32 Å². The van der Waals surface area contributed by atoms with Gasteiger partial charge >= 0.3 is 5.97 Å². The second kappa shape index (κ2) is 41.8. The van der Waals surface area contributed by atoms with Crippen LogP contribution in [-0.2, 0) is 9.59 Å². The summed E-state index contributed by atoms with van der Waals surface area (Å²) in [6.07, 6.45) is 54.6. The summed E-state index contributed by atoms with van der Waals surface area (Å²) in [5.74, 6) is -0.507. The molecule has 0 rings (SSSR count). The number of rotatable bonds is 41. The Bertz CT molecular complexity index is 760. The number of carbonyl (C=O) groups excluding carboxylic acids is 1. The summed E-state index contributed by atoms with van der Waals surface area (Å²) in [6.45, 7) is 5.11. The van der Waals surface area contributed by atoms with E-state index in [1.165, 1.54) is 193 Å². The van der Waals surface area contributed by atoms with Crippen molar-refractivity contribution in [2.75, 3.05) is 6.54 Å². The molecule has 4 heteroatoms. The van der Waals surface area contributed by atoms with Gasteiger partial charge in [0, 0.05) is 13.0 Å². The van der Waals surface area contributed by atoms with Crippen LogP contribution in [0.2, 0.25) is 0 Å². The van der Waals surface area contributed by atoms with Crippen molar-refractivity contribution in [3.63, 3.8) is 0 Å². The van der Waals surface area contributed by atoms with Gasteiger partial charge in [0.15, 0.2) is 0 Å². The molecular weight excluding hydrogens is 615 g/mol. The van der Waals surface area contributed by atoms with Gasteiger partial charge in [-0.3, -0.25) is 9.59 Å². The van der Waals surface area contributed by atoms with Crippen molar-refractivity contribution in [1.29, 1.82) is 0 Å². The molecule has 0 aliphatic heterocycles. The molecule has 4 nitrogen and oxygen atoms in total. The van der Waals surface area contributed by atoms with Crippen molar-refractivity contribution in [2.24, 2.45) is 5.92 Å². The van der Waals surface area contributed by atoms with Crippen molar-refractivity contribution in [3.8, 4) is 0 Å². The topological polar surface area (TPSA) is 66.4 Å². The number of unbranched alkanes of at least 4 members (excludes halogenated alkanes) is 29. The number of carboxylic acid groups (broad SMARTS) is 1. The zero-order chi connectivity index (χ0) is 36.4. The molecule has 294 valence electrons. The second-order valence-electron chi connectivity index (χ2n) is 15.3. The fourth-order valence-corrected chi connectivity index (χ4v) is 6.93. The number of aliphatic carboxylic acids is 1. The molecular formula is C46H87NO3. The summed E-state index contributed by atoms with van der Waals surface area (Å²) in [4.78, 5) is 23.2. The Morgan fingerprint density at radius 3 is 1.18 bits per heavy atom. The molecule has 0 aromatic rings. The lowest BCUT2D eigenvalue weighted by Crippen LogP contribution is -2.23. The number of allylic oxidation sites excluding steroid dienone is 4. The quantitative estimate of drug-likeness (QED) is 0.0492.